The molecule has 0 unspecified atom stereocenters. The Balaban J connectivity index is 1.95. The van der Waals surface area contributed by atoms with E-state index in [1.165, 1.54) is 25.7 Å². The first-order valence-electron chi connectivity index (χ1n) is 7.94. The number of hydrogen-bond acceptors (Lipinski definition) is 2. The van der Waals surface area contributed by atoms with Gasteiger partial charge >= 0.3 is 6.03 Å². The van der Waals surface area contributed by atoms with Gasteiger partial charge in [-0.1, -0.05) is 26.7 Å². The first-order chi connectivity index (χ1) is 9.18. The third kappa shape index (κ3) is 4.10. The molecule has 1 saturated heterocycles. The number of piperazine rings is 1. The molecule has 1 N–H and O–H groups in total. The van der Waals surface area contributed by atoms with Gasteiger partial charge < -0.3 is 15.1 Å². The Labute approximate surface area is 117 Å². The van der Waals surface area contributed by atoms with Crippen molar-refractivity contribution in [1.82, 2.24) is 15.1 Å². The fourth-order valence-electron chi connectivity index (χ4n) is 3.09. The van der Waals surface area contributed by atoms with Crippen molar-refractivity contribution >= 4 is 6.03 Å². The fraction of sp³-hybridized carbons (Fsp3) is 0.933. The van der Waals surface area contributed by atoms with Crippen LogP contribution in [0.15, 0.2) is 0 Å². The highest BCUT2D eigenvalue weighted by molar-refractivity contribution is 5.75. The van der Waals surface area contributed by atoms with Crippen LogP contribution in [0.25, 0.3) is 0 Å². The molecule has 4 nitrogen and oxygen atoms in total. The fourth-order valence-corrected chi connectivity index (χ4v) is 3.09. The quantitative estimate of drug-likeness (QED) is 0.848. The molecule has 0 bridgehead atoms. The Morgan fingerprint density at radius 1 is 1.26 bits per heavy atom. The lowest BCUT2D eigenvalue weighted by Crippen LogP contribution is -2.53. The van der Waals surface area contributed by atoms with Crippen LogP contribution in [0.2, 0.25) is 0 Å². The van der Waals surface area contributed by atoms with E-state index in [0.29, 0.717) is 12.0 Å². The largest absolute Gasteiger partial charge is 0.322 e. The Bertz CT molecular complexity index is 281. The minimum absolute atomic E-state index is 0.286. The van der Waals surface area contributed by atoms with E-state index in [9.17, 15) is 4.79 Å². The van der Waals surface area contributed by atoms with Gasteiger partial charge in [-0.25, -0.2) is 4.79 Å². The lowest BCUT2D eigenvalue weighted by molar-refractivity contribution is 0.125. The zero-order valence-electron chi connectivity index (χ0n) is 12.5. The molecule has 4 heteroatoms. The summed E-state index contributed by atoms with van der Waals surface area (Å²) in [6, 6.07) is 0.787. The highest BCUT2D eigenvalue weighted by Gasteiger charge is 2.30. The second-order valence-corrected chi connectivity index (χ2v) is 6.33. The van der Waals surface area contributed by atoms with E-state index in [4.69, 9.17) is 0 Å². The summed E-state index contributed by atoms with van der Waals surface area (Å²) in [6.45, 7) is 9.02. The molecular formula is C15H29N3O. The van der Waals surface area contributed by atoms with Crippen molar-refractivity contribution in [2.75, 3.05) is 32.7 Å². The van der Waals surface area contributed by atoms with Crippen molar-refractivity contribution in [2.45, 2.75) is 52.0 Å². The standard InChI is InChI=1S/C15H29N3O/c1-13(2)7-10-18(14-5-3-4-6-14)15(19)17-11-8-16-9-12-17/h13-14,16H,3-12H2,1-2H3. The van der Waals surface area contributed by atoms with Crippen LogP contribution in [0.1, 0.15) is 46.0 Å². The summed E-state index contributed by atoms with van der Waals surface area (Å²) in [4.78, 5) is 16.9. The number of nitrogens with zero attached hydrogens (tertiary/aromatic N) is 2. The second-order valence-electron chi connectivity index (χ2n) is 6.33. The molecule has 0 atom stereocenters. The number of rotatable bonds is 4. The van der Waals surface area contributed by atoms with E-state index in [0.717, 1.165) is 39.1 Å². The summed E-state index contributed by atoms with van der Waals surface area (Å²) in [6.07, 6.45) is 6.11. The maximum absolute atomic E-state index is 12.7. The van der Waals surface area contributed by atoms with Gasteiger partial charge in [0, 0.05) is 38.8 Å². The van der Waals surface area contributed by atoms with Gasteiger partial charge in [-0.15, -0.1) is 0 Å². The monoisotopic (exact) mass is 267 g/mol. The highest BCUT2D eigenvalue weighted by atomic mass is 16.2. The summed E-state index contributed by atoms with van der Waals surface area (Å²) >= 11 is 0. The van der Waals surface area contributed by atoms with Gasteiger partial charge in [0.2, 0.25) is 0 Å². The van der Waals surface area contributed by atoms with Crippen molar-refractivity contribution in [2.24, 2.45) is 5.92 Å². The molecule has 0 spiro atoms. The van der Waals surface area contributed by atoms with E-state index < -0.39 is 0 Å². The third-order valence-corrected chi connectivity index (χ3v) is 4.35. The molecule has 19 heavy (non-hydrogen) atoms. The van der Waals surface area contributed by atoms with Gasteiger partial charge in [0.05, 0.1) is 0 Å². The first kappa shape index (κ1) is 14.6. The van der Waals surface area contributed by atoms with Crippen LogP contribution in [0.5, 0.6) is 0 Å². The Morgan fingerprint density at radius 2 is 1.89 bits per heavy atom. The second kappa shape index (κ2) is 7.13. The number of carbonyl (C=O) groups is 1. The minimum atomic E-state index is 0.286. The summed E-state index contributed by atoms with van der Waals surface area (Å²) < 4.78 is 0. The van der Waals surface area contributed by atoms with E-state index >= 15 is 0 Å². The van der Waals surface area contributed by atoms with Crippen molar-refractivity contribution in [3.05, 3.63) is 0 Å². The SMILES string of the molecule is CC(C)CCN(C(=O)N1CCNCC1)C1CCCC1. The Morgan fingerprint density at radius 3 is 2.47 bits per heavy atom. The maximum Gasteiger partial charge on any atom is 0.320 e. The lowest BCUT2D eigenvalue weighted by Gasteiger charge is -2.36. The molecule has 1 aliphatic carbocycles. The normalized spacial score (nSPS) is 21.1. The van der Waals surface area contributed by atoms with Crippen molar-refractivity contribution < 1.29 is 4.79 Å². The molecule has 0 aromatic rings. The topological polar surface area (TPSA) is 35.6 Å². The lowest BCUT2D eigenvalue weighted by atomic mass is 10.1. The summed E-state index contributed by atoms with van der Waals surface area (Å²) in [5, 5.41) is 3.32. The molecule has 2 aliphatic rings. The molecule has 0 radical (unpaired) electrons. The average Bonchev–Trinajstić information content (AvgIpc) is 2.93. The van der Waals surface area contributed by atoms with Gasteiger partial charge in [0.15, 0.2) is 0 Å². The van der Waals surface area contributed by atoms with E-state index in [1.54, 1.807) is 0 Å². The predicted octanol–water partition coefficient (Wildman–Crippen LogP) is 2.30. The number of carbonyl (C=O) groups excluding carboxylic acids is 1. The first-order valence-corrected chi connectivity index (χ1v) is 7.94. The maximum atomic E-state index is 12.7. The van der Waals surface area contributed by atoms with Crippen molar-refractivity contribution in [1.29, 1.82) is 0 Å². The number of hydrogen-bond donors (Lipinski definition) is 1. The third-order valence-electron chi connectivity index (χ3n) is 4.35. The summed E-state index contributed by atoms with van der Waals surface area (Å²) in [7, 11) is 0. The van der Waals surface area contributed by atoms with Crippen molar-refractivity contribution in [3.63, 3.8) is 0 Å². The van der Waals surface area contributed by atoms with Gasteiger partial charge in [0.1, 0.15) is 0 Å². The number of nitrogens with one attached hydrogen (secondary N) is 1. The average molecular weight is 267 g/mol. The van der Waals surface area contributed by atoms with Gasteiger partial charge in [-0.05, 0) is 25.2 Å². The van der Waals surface area contributed by atoms with Crippen LogP contribution in [-0.4, -0.2) is 54.6 Å². The minimum Gasteiger partial charge on any atom is -0.322 e. The van der Waals surface area contributed by atoms with Crippen molar-refractivity contribution in [3.8, 4) is 0 Å². The predicted molar refractivity (Wildman–Crippen MR) is 78.3 cm³/mol. The molecule has 2 amide bonds. The van der Waals surface area contributed by atoms with Crippen LogP contribution in [-0.2, 0) is 0 Å². The zero-order chi connectivity index (χ0) is 13.7. The van der Waals surface area contributed by atoms with Crippen LogP contribution in [0.4, 0.5) is 4.79 Å². The van der Waals surface area contributed by atoms with Crippen LogP contribution in [0, 0.1) is 5.92 Å². The highest BCUT2D eigenvalue weighted by Crippen LogP contribution is 2.25. The molecule has 0 aromatic carbocycles. The summed E-state index contributed by atoms with van der Waals surface area (Å²) in [5.74, 6) is 0.666. The van der Waals surface area contributed by atoms with Gasteiger partial charge in [0.25, 0.3) is 0 Å². The van der Waals surface area contributed by atoms with Crippen LogP contribution >= 0.6 is 0 Å². The zero-order valence-corrected chi connectivity index (χ0v) is 12.5. The van der Waals surface area contributed by atoms with Crippen LogP contribution in [0.3, 0.4) is 0 Å². The Kier molecular flexibility index (Phi) is 5.49. The van der Waals surface area contributed by atoms with E-state index in [1.807, 2.05) is 4.90 Å². The molecule has 110 valence electrons. The Hall–Kier alpha value is -0.770. The molecule has 1 saturated carbocycles. The van der Waals surface area contributed by atoms with Gasteiger partial charge in [-0.3, -0.25) is 0 Å². The smallest absolute Gasteiger partial charge is 0.320 e. The molecule has 0 aromatic heterocycles. The van der Waals surface area contributed by atoms with Crippen LogP contribution < -0.4 is 5.32 Å². The molecular weight excluding hydrogens is 238 g/mol. The summed E-state index contributed by atoms with van der Waals surface area (Å²) in [5.41, 5.74) is 0. The number of amides is 2. The van der Waals surface area contributed by atoms with Gasteiger partial charge in [-0.2, -0.15) is 0 Å². The molecule has 1 heterocycles. The molecule has 1 aliphatic heterocycles. The molecule has 2 rings (SSSR count). The number of urea groups is 1. The van der Waals surface area contributed by atoms with E-state index in [-0.39, 0.29) is 6.03 Å². The van der Waals surface area contributed by atoms with E-state index in [2.05, 4.69) is 24.1 Å². The molecule has 2 fully saturated rings.